The molecule has 1 aliphatic carbocycles. The lowest BCUT2D eigenvalue weighted by Gasteiger charge is -1.91. The molecule has 1 N–H and O–H groups in total. The number of aromatic amines is 1. The van der Waals surface area contributed by atoms with Crippen LogP contribution in [0.25, 0.3) is 12.0 Å². The molecule has 14 heavy (non-hydrogen) atoms. The van der Waals surface area contributed by atoms with E-state index in [1.807, 2.05) is 6.20 Å². The quantitative estimate of drug-likeness (QED) is 0.700. The van der Waals surface area contributed by atoms with E-state index < -0.39 is 0 Å². The second-order valence-corrected chi connectivity index (χ2v) is 3.36. The number of fused-ring (bicyclic) bond motifs is 1. The Kier molecular flexibility index (Phi) is 1.33. The first kappa shape index (κ1) is 7.43. The fourth-order valence-corrected chi connectivity index (χ4v) is 1.62. The summed E-state index contributed by atoms with van der Waals surface area (Å²) in [6.45, 7) is 2.10. The fraction of sp³-hybridized carbons (Fsp3) is 0.250. The minimum atomic E-state index is 0.477. The van der Waals surface area contributed by atoms with Gasteiger partial charge in [-0.1, -0.05) is 10.7 Å². The summed E-state index contributed by atoms with van der Waals surface area (Å²) in [4.78, 5) is 0. The van der Waals surface area contributed by atoms with E-state index in [1.165, 1.54) is 11.1 Å². The van der Waals surface area contributed by atoms with Crippen LogP contribution in [0.2, 0.25) is 0 Å². The van der Waals surface area contributed by atoms with Crippen molar-refractivity contribution in [3.05, 3.63) is 23.0 Å². The van der Waals surface area contributed by atoms with Crippen LogP contribution in [0, 0.1) is 0 Å². The summed E-state index contributed by atoms with van der Waals surface area (Å²) in [5, 5.41) is 17.9. The van der Waals surface area contributed by atoms with E-state index in [-0.39, 0.29) is 0 Å². The maximum Gasteiger partial charge on any atom is 0.290 e. The normalized spacial score (nSPS) is 14.2. The van der Waals surface area contributed by atoms with Crippen molar-refractivity contribution in [3.8, 4) is 5.95 Å². The second-order valence-electron chi connectivity index (χ2n) is 3.36. The van der Waals surface area contributed by atoms with Crippen molar-refractivity contribution in [1.29, 1.82) is 0 Å². The Morgan fingerprint density at radius 1 is 1.50 bits per heavy atom. The number of allylic oxidation sites excluding steroid dienone is 1. The molecule has 0 fully saturated rings. The summed E-state index contributed by atoms with van der Waals surface area (Å²) in [5.41, 5.74) is 3.56. The van der Waals surface area contributed by atoms with Crippen LogP contribution in [0.15, 0.2) is 11.8 Å². The van der Waals surface area contributed by atoms with Gasteiger partial charge in [-0.05, 0) is 24.6 Å². The van der Waals surface area contributed by atoms with Gasteiger partial charge in [0.15, 0.2) is 0 Å². The lowest BCUT2D eigenvalue weighted by atomic mass is 10.2. The first-order chi connectivity index (χ1) is 6.83. The molecule has 0 saturated heterocycles. The van der Waals surface area contributed by atoms with Gasteiger partial charge in [-0.3, -0.25) is 0 Å². The Hall–Kier alpha value is -1.98. The molecule has 2 aromatic heterocycles. The molecule has 6 heteroatoms. The van der Waals surface area contributed by atoms with Crippen molar-refractivity contribution in [3.63, 3.8) is 0 Å². The number of aromatic nitrogens is 6. The van der Waals surface area contributed by atoms with E-state index in [0.717, 1.165) is 12.1 Å². The molecule has 0 bridgehead atoms. The minimum absolute atomic E-state index is 0.477. The Balaban J connectivity index is 2.08. The molecule has 1 aliphatic rings. The number of rotatable bonds is 1. The van der Waals surface area contributed by atoms with Gasteiger partial charge in [0, 0.05) is 11.8 Å². The zero-order valence-electron chi connectivity index (χ0n) is 7.60. The van der Waals surface area contributed by atoms with Crippen LogP contribution < -0.4 is 0 Å². The molecule has 3 rings (SSSR count). The van der Waals surface area contributed by atoms with E-state index in [2.05, 4.69) is 38.7 Å². The molecule has 0 spiro atoms. The van der Waals surface area contributed by atoms with Crippen molar-refractivity contribution in [2.45, 2.75) is 13.3 Å². The molecule has 0 unspecified atom stereocenters. The molecular formula is C8H8N6. The van der Waals surface area contributed by atoms with Crippen LogP contribution in [-0.2, 0) is 6.42 Å². The van der Waals surface area contributed by atoms with Gasteiger partial charge in [0.25, 0.3) is 5.95 Å². The minimum Gasteiger partial charge on any atom is -0.203 e. The molecule has 0 atom stereocenters. The van der Waals surface area contributed by atoms with Crippen molar-refractivity contribution < 1.29 is 0 Å². The lowest BCUT2D eigenvalue weighted by Crippen LogP contribution is -1.97. The Morgan fingerprint density at radius 3 is 3.14 bits per heavy atom. The maximum absolute atomic E-state index is 4.34. The SMILES string of the molecule is CC1=Cc2nn(-c3nn[nH]n3)cc2C1. The predicted molar refractivity (Wildman–Crippen MR) is 48.7 cm³/mol. The highest BCUT2D eigenvalue weighted by atomic mass is 15.5. The number of nitrogens with one attached hydrogen (secondary N) is 1. The number of hydrogen-bond acceptors (Lipinski definition) is 4. The Labute approximate surface area is 79.6 Å². The summed E-state index contributed by atoms with van der Waals surface area (Å²) in [5.74, 6) is 0.477. The second kappa shape index (κ2) is 2.50. The standard InChI is InChI=1S/C8H8N6/c1-5-2-6-4-14(11-7(6)3-5)8-9-12-13-10-8/h3-4H,2H2,1H3,(H,9,10,12,13). The van der Waals surface area contributed by atoms with Gasteiger partial charge in [0.2, 0.25) is 0 Å². The third-order valence-electron chi connectivity index (χ3n) is 2.21. The molecule has 0 amide bonds. The highest BCUT2D eigenvalue weighted by Crippen LogP contribution is 2.23. The van der Waals surface area contributed by atoms with E-state index in [4.69, 9.17) is 0 Å². The summed E-state index contributed by atoms with van der Waals surface area (Å²) in [7, 11) is 0. The molecule has 0 aliphatic heterocycles. The van der Waals surface area contributed by atoms with Crippen molar-refractivity contribution in [2.75, 3.05) is 0 Å². The highest BCUT2D eigenvalue weighted by Gasteiger charge is 2.15. The van der Waals surface area contributed by atoms with Gasteiger partial charge >= 0.3 is 0 Å². The van der Waals surface area contributed by atoms with Crippen molar-refractivity contribution in [1.82, 2.24) is 30.4 Å². The Bertz CT molecular complexity index is 492. The summed E-state index contributed by atoms with van der Waals surface area (Å²) in [6, 6.07) is 0. The summed E-state index contributed by atoms with van der Waals surface area (Å²) < 4.78 is 1.64. The molecule has 70 valence electrons. The molecule has 0 radical (unpaired) electrons. The summed E-state index contributed by atoms with van der Waals surface area (Å²) >= 11 is 0. The molecule has 0 saturated carbocycles. The fourth-order valence-electron chi connectivity index (χ4n) is 1.62. The van der Waals surface area contributed by atoms with Crippen LogP contribution in [0.5, 0.6) is 0 Å². The van der Waals surface area contributed by atoms with E-state index in [9.17, 15) is 0 Å². The van der Waals surface area contributed by atoms with Crippen molar-refractivity contribution in [2.24, 2.45) is 0 Å². The van der Waals surface area contributed by atoms with Crippen LogP contribution in [-0.4, -0.2) is 30.4 Å². The number of tetrazole rings is 1. The predicted octanol–water partition coefficient (Wildman–Crippen LogP) is 0.345. The maximum atomic E-state index is 4.34. The topological polar surface area (TPSA) is 72.3 Å². The average molecular weight is 188 g/mol. The van der Waals surface area contributed by atoms with Crippen LogP contribution in [0.4, 0.5) is 0 Å². The molecular weight excluding hydrogens is 180 g/mol. The molecule has 0 aromatic carbocycles. The molecule has 2 heterocycles. The number of hydrogen-bond donors (Lipinski definition) is 1. The third-order valence-corrected chi connectivity index (χ3v) is 2.21. The summed E-state index contributed by atoms with van der Waals surface area (Å²) in [6.07, 6.45) is 4.98. The first-order valence-corrected chi connectivity index (χ1v) is 4.32. The van der Waals surface area contributed by atoms with Gasteiger partial charge in [0.1, 0.15) is 0 Å². The monoisotopic (exact) mass is 188 g/mol. The number of nitrogens with zero attached hydrogens (tertiary/aromatic N) is 5. The van der Waals surface area contributed by atoms with Gasteiger partial charge in [0.05, 0.1) is 5.69 Å². The van der Waals surface area contributed by atoms with E-state index >= 15 is 0 Å². The van der Waals surface area contributed by atoms with Crippen LogP contribution >= 0.6 is 0 Å². The first-order valence-electron chi connectivity index (χ1n) is 4.32. The Morgan fingerprint density at radius 2 is 2.43 bits per heavy atom. The van der Waals surface area contributed by atoms with Crippen molar-refractivity contribution >= 4 is 6.08 Å². The van der Waals surface area contributed by atoms with Crippen LogP contribution in [0.3, 0.4) is 0 Å². The van der Waals surface area contributed by atoms with Gasteiger partial charge in [-0.2, -0.15) is 10.3 Å². The third kappa shape index (κ3) is 0.968. The smallest absolute Gasteiger partial charge is 0.203 e. The van der Waals surface area contributed by atoms with Gasteiger partial charge in [-0.25, -0.2) is 4.68 Å². The lowest BCUT2D eigenvalue weighted by molar-refractivity contribution is 0.807. The number of H-pyrrole nitrogens is 1. The zero-order valence-corrected chi connectivity index (χ0v) is 7.60. The average Bonchev–Trinajstić information content (AvgIpc) is 2.74. The van der Waals surface area contributed by atoms with E-state index in [0.29, 0.717) is 5.95 Å². The zero-order chi connectivity index (χ0) is 9.54. The van der Waals surface area contributed by atoms with Crippen LogP contribution in [0.1, 0.15) is 18.2 Å². The largest absolute Gasteiger partial charge is 0.290 e. The van der Waals surface area contributed by atoms with Gasteiger partial charge < -0.3 is 0 Å². The van der Waals surface area contributed by atoms with E-state index in [1.54, 1.807) is 4.68 Å². The molecule has 2 aromatic rings. The van der Waals surface area contributed by atoms with Gasteiger partial charge in [-0.15, -0.1) is 5.10 Å². The highest BCUT2D eigenvalue weighted by molar-refractivity contribution is 5.59. The molecule has 6 nitrogen and oxygen atoms in total.